The molecule has 1 aromatic heterocycles. The number of benzene rings is 2. The Morgan fingerprint density at radius 2 is 1.94 bits per heavy atom. The lowest BCUT2D eigenvalue weighted by molar-refractivity contribution is 0.0530. The van der Waals surface area contributed by atoms with Crippen LogP contribution in [0.5, 0.6) is 0 Å². The standard InChI is InChI=1S/C24H22FNO3S2/c1-2-29-23(27)22-19-12-17(16-8-10-18(25)11-9-16)13-20(26-28)21(19)24(31-22)30-14-15-6-4-3-5-7-15/h3-11,17,28H,2,12-14H2,1H3. The van der Waals surface area contributed by atoms with Crippen LogP contribution in [0.4, 0.5) is 4.39 Å². The van der Waals surface area contributed by atoms with Gasteiger partial charge in [-0.1, -0.05) is 47.6 Å². The minimum atomic E-state index is -0.354. The third-order valence-corrected chi connectivity index (χ3v) is 7.84. The van der Waals surface area contributed by atoms with Gasteiger partial charge in [0.05, 0.1) is 16.5 Å². The monoisotopic (exact) mass is 455 g/mol. The summed E-state index contributed by atoms with van der Waals surface area (Å²) in [5, 5.41) is 13.4. The first-order valence-corrected chi connectivity index (χ1v) is 11.9. The summed E-state index contributed by atoms with van der Waals surface area (Å²) in [5.41, 5.74) is 4.38. The van der Waals surface area contributed by atoms with E-state index in [-0.39, 0.29) is 17.7 Å². The van der Waals surface area contributed by atoms with Gasteiger partial charge < -0.3 is 9.94 Å². The molecule has 3 aromatic rings. The number of hydrogen-bond donors (Lipinski definition) is 1. The molecule has 1 aliphatic rings. The van der Waals surface area contributed by atoms with Crippen LogP contribution >= 0.6 is 23.1 Å². The topological polar surface area (TPSA) is 58.9 Å². The van der Waals surface area contributed by atoms with E-state index in [1.807, 2.05) is 18.2 Å². The highest BCUT2D eigenvalue weighted by Gasteiger charge is 2.34. The van der Waals surface area contributed by atoms with E-state index >= 15 is 0 Å². The number of carbonyl (C=O) groups excluding carboxylic acids is 1. The van der Waals surface area contributed by atoms with E-state index in [1.54, 1.807) is 30.8 Å². The molecule has 0 saturated heterocycles. The molecular formula is C24H22FNO3S2. The summed E-state index contributed by atoms with van der Waals surface area (Å²) >= 11 is 3.03. The highest BCUT2D eigenvalue weighted by atomic mass is 32.2. The predicted molar refractivity (Wildman–Crippen MR) is 122 cm³/mol. The van der Waals surface area contributed by atoms with Crippen molar-refractivity contribution in [1.82, 2.24) is 0 Å². The van der Waals surface area contributed by atoms with Crippen LogP contribution < -0.4 is 0 Å². The van der Waals surface area contributed by atoms with Crippen LogP contribution in [0.25, 0.3) is 0 Å². The van der Waals surface area contributed by atoms with Gasteiger partial charge in [0.2, 0.25) is 0 Å². The van der Waals surface area contributed by atoms with Crippen molar-refractivity contribution in [3.05, 3.63) is 87.5 Å². The minimum absolute atomic E-state index is 0.00579. The maximum absolute atomic E-state index is 13.4. The molecule has 1 atom stereocenters. The molecule has 0 saturated carbocycles. The molecule has 160 valence electrons. The fraction of sp³-hybridized carbons (Fsp3) is 0.250. The van der Waals surface area contributed by atoms with Crippen LogP contribution in [0.1, 0.15) is 51.2 Å². The number of fused-ring (bicyclic) bond motifs is 1. The van der Waals surface area contributed by atoms with Gasteiger partial charge in [0.1, 0.15) is 10.7 Å². The number of halogens is 1. The molecule has 1 unspecified atom stereocenters. The Hall–Kier alpha value is -2.64. The molecule has 0 radical (unpaired) electrons. The normalized spacial score (nSPS) is 16.8. The van der Waals surface area contributed by atoms with Gasteiger partial charge in [-0.2, -0.15) is 0 Å². The second-order valence-electron chi connectivity index (χ2n) is 7.27. The van der Waals surface area contributed by atoms with Crippen molar-refractivity contribution in [3.63, 3.8) is 0 Å². The maximum atomic E-state index is 13.4. The quantitative estimate of drug-likeness (QED) is 0.206. The molecule has 0 fully saturated rings. The number of hydrogen-bond acceptors (Lipinski definition) is 6. The number of carbonyl (C=O) groups is 1. The molecule has 0 amide bonds. The van der Waals surface area contributed by atoms with E-state index in [0.717, 1.165) is 26.7 Å². The van der Waals surface area contributed by atoms with E-state index in [9.17, 15) is 14.4 Å². The summed E-state index contributed by atoms with van der Waals surface area (Å²) < 4.78 is 19.6. The van der Waals surface area contributed by atoms with Crippen LogP contribution in [0, 0.1) is 5.82 Å². The average molecular weight is 456 g/mol. The van der Waals surface area contributed by atoms with Crippen molar-refractivity contribution in [1.29, 1.82) is 0 Å². The molecule has 0 aliphatic heterocycles. The fourth-order valence-corrected chi connectivity index (χ4v) is 6.35. The van der Waals surface area contributed by atoms with Crippen LogP contribution in [0.15, 0.2) is 64.0 Å². The molecule has 7 heteroatoms. The van der Waals surface area contributed by atoms with Gasteiger partial charge in [-0.15, -0.1) is 23.1 Å². The number of oxime groups is 1. The molecule has 2 aromatic carbocycles. The Morgan fingerprint density at radius 1 is 1.19 bits per heavy atom. The zero-order valence-corrected chi connectivity index (χ0v) is 18.6. The molecule has 1 aliphatic carbocycles. The van der Waals surface area contributed by atoms with Crippen LogP contribution in [0.3, 0.4) is 0 Å². The van der Waals surface area contributed by atoms with Crippen molar-refractivity contribution in [3.8, 4) is 0 Å². The first-order valence-electron chi connectivity index (χ1n) is 10.1. The van der Waals surface area contributed by atoms with E-state index in [4.69, 9.17) is 4.74 Å². The Labute approximate surface area is 188 Å². The summed E-state index contributed by atoms with van der Waals surface area (Å²) in [7, 11) is 0. The number of rotatable bonds is 6. The molecular weight excluding hydrogens is 433 g/mol. The lowest BCUT2D eigenvalue weighted by atomic mass is 9.80. The largest absolute Gasteiger partial charge is 0.462 e. The number of thiophene rings is 1. The molecule has 4 nitrogen and oxygen atoms in total. The van der Waals surface area contributed by atoms with Gasteiger partial charge in [-0.25, -0.2) is 9.18 Å². The lowest BCUT2D eigenvalue weighted by Crippen LogP contribution is -2.21. The third-order valence-electron chi connectivity index (χ3n) is 5.29. The number of ether oxygens (including phenoxy) is 1. The van der Waals surface area contributed by atoms with Crippen molar-refractivity contribution in [2.45, 2.75) is 35.6 Å². The Bertz CT molecular complexity index is 1090. The molecule has 31 heavy (non-hydrogen) atoms. The van der Waals surface area contributed by atoms with Crippen molar-refractivity contribution in [2.24, 2.45) is 5.16 Å². The Kier molecular flexibility index (Phi) is 6.73. The SMILES string of the molecule is CCOC(=O)c1sc(SCc2ccccc2)c2c1CC(c1ccc(F)cc1)CC2=NO. The van der Waals surface area contributed by atoms with Gasteiger partial charge in [-0.3, -0.25) is 0 Å². The molecule has 4 rings (SSSR count). The van der Waals surface area contributed by atoms with E-state index in [2.05, 4.69) is 17.3 Å². The smallest absolute Gasteiger partial charge is 0.348 e. The predicted octanol–water partition coefficient (Wildman–Crippen LogP) is 6.26. The maximum Gasteiger partial charge on any atom is 0.348 e. The number of thioether (sulfide) groups is 1. The fourth-order valence-electron chi connectivity index (χ4n) is 3.83. The van der Waals surface area contributed by atoms with Gasteiger partial charge in [0.15, 0.2) is 0 Å². The molecule has 1 heterocycles. The van der Waals surface area contributed by atoms with Crippen LogP contribution in [-0.2, 0) is 16.9 Å². The van der Waals surface area contributed by atoms with Crippen LogP contribution in [-0.4, -0.2) is 23.5 Å². The van der Waals surface area contributed by atoms with E-state index in [0.29, 0.717) is 30.0 Å². The second-order valence-corrected chi connectivity index (χ2v) is 9.53. The number of esters is 1. The zero-order chi connectivity index (χ0) is 21.8. The summed E-state index contributed by atoms with van der Waals surface area (Å²) in [6.45, 7) is 2.07. The number of nitrogens with zero attached hydrogens (tertiary/aromatic N) is 1. The van der Waals surface area contributed by atoms with Gasteiger partial charge in [-0.05, 0) is 48.1 Å². The minimum Gasteiger partial charge on any atom is -0.462 e. The summed E-state index contributed by atoms with van der Waals surface area (Å²) in [6, 6.07) is 16.5. The Morgan fingerprint density at radius 3 is 2.61 bits per heavy atom. The molecule has 0 bridgehead atoms. The van der Waals surface area contributed by atoms with E-state index < -0.39 is 0 Å². The second kappa shape index (κ2) is 9.66. The Balaban J connectivity index is 1.72. The highest BCUT2D eigenvalue weighted by Crippen LogP contribution is 2.45. The molecule has 1 N–H and O–H groups in total. The van der Waals surface area contributed by atoms with Crippen molar-refractivity contribution < 1.29 is 19.1 Å². The summed E-state index contributed by atoms with van der Waals surface area (Å²) in [4.78, 5) is 13.3. The zero-order valence-electron chi connectivity index (χ0n) is 17.0. The lowest BCUT2D eigenvalue weighted by Gasteiger charge is -2.25. The van der Waals surface area contributed by atoms with E-state index in [1.165, 1.54) is 29.0 Å². The van der Waals surface area contributed by atoms with Crippen LogP contribution in [0.2, 0.25) is 0 Å². The first-order chi connectivity index (χ1) is 15.1. The average Bonchev–Trinajstić information content (AvgIpc) is 3.17. The summed E-state index contributed by atoms with van der Waals surface area (Å²) in [6.07, 6.45) is 1.13. The van der Waals surface area contributed by atoms with Crippen molar-refractivity contribution in [2.75, 3.05) is 6.61 Å². The van der Waals surface area contributed by atoms with Crippen molar-refractivity contribution >= 4 is 34.8 Å². The van der Waals surface area contributed by atoms with Gasteiger partial charge in [0.25, 0.3) is 0 Å². The van der Waals surface area contributed by atoms with Gasteiger partial charge >= 0.3 is 5.97 Å². The first kappa shape index (κ1) is 21.6. The third kappa shape index (κ3) is 4.67. The highest BCUT2D eigenvalue weighted by molar-refractivity contribution is 8.00. The summed E-state index contributed by atoms with van der Waals surface area (Å²) in [5.74, 6) is 0.0932. The van der Waals surface area contributed by atoms with Gasteiger partial charge in [0, 0.05) is 17.7 Å². The molecule has 0 spiro atoms.